The molecule has 3 rings (SSSR count). The van der Waals surface area contributed by atoms with E-state index in [1.807, 2.05) is 31.2 Å². The Hall–Kier alpha value is -2.30. The van der Waals surface area contributed by atoms with Gasteiger partial charge in [0, 0.05) is 34.6 Å². The Labute approximate surface area is 144 Å². The van der Waals surface area contributed by atoms with Crippen LogP contribution in [-0.2, 0) is 6.54 Å². The van der Waals surface area contributed by atoms with E-state index in [-0.39, 0.29) is 11.8 Å². The van der Waals surface area contributed by atoms with E-state index in [0.717, 1.165) is 16.5 Å². The maximum Gasteiger partial charge on any atom is 0.336 e. The largest absolute Gasteiger partial charge is 0.508 e. The average molecular weight is 344 g/mol. The predicted octanol–water partition coefficient (Wildman–Crippen LogP) is 4.31. The summed E-state index contributed by atoms with van der Waals surface area (Å²) in [5.74, 6) is 0.114. The molecule has 2 aromatic carbocycles. The van der Waals surface area contributed by atoms with Gasteiger partial charge < -0.3 is 14.8 Å². The number of phenolic OH excluding ortho intramolecular Hbond substituents is 1. The summed E-state index contributed by atoms with van der Waals surface area (Å²) in [7, 11) is 0. The molecule has 24 heavy (non-hydrogen) atoms. The summed E-state index contributed by atoms with van der Waals surface area (Å²) >= 11 is 6.03. The molecule has 0 saturated heterocycles. The van der Waals surface area contributed by atoms with E-state index >= 15 is 0 Å². The summed E-state index contributed by atoms with van der Waals surface area (Å²) in [5, 5.41) is 14.7. The average Bonchev–Trinajstić information content (AvgIpc) is 2.56. The highest BCUT2D eigenvalue weighted by molar-refractivity contribution is 6.30. The van der Waals surface area contributed by atoms with Crippen molar-refractivity contribution in [1.82, 2.24) is 5.32 Å². The molecule has 0 radical (unpaired) electrons. The van der Waals surface area contributed by atoms with E-state index in [2.05, 4.69) is 5.32 Å². The van der Waals surface area contributed by atoms with Gasteiger partial charge in [-0.25, -0.2) is 4.79 Å². The molecule has 0 saturated carbocycles. The van der Waals surface area contributed by atoms with Crippen LogP contribution in [0.5, 0.6) is 5.75 Å². The normalized spacial score (nSPS) is 12.5. The molecule has 1 atom stereocenters. The topological polar surface area (TPSA) is 62.5 Å². The second kappa shape index (κ2) is 6.67. The zero-order valence-corrected chi connectivity index (χ0v) is 14.2. The lowest BCUT2D eigenvalue weighted by molar-refractivity contribution is 0.468. The highest BCUT2D eigenvalue weighted by Crippen LogP contribution is 2.27. The number of hydrogen-bond acceptors (Lipinski definition) is 4. The molecule has 1 aromatic heterocycles. The molecule has 0 fully saturated rings. The SMILES string of the molecule is Cc1c(O)ccc2c(CN[C@@H](C)c3cccc(Cl)c3)cc(=O)oc12. The quantitative estimate of drug-likeness (QED) is 0.693. The number of phenols is 1. The third-order valence-electron chi connectivity index (χ3n) is 4.17. The molecule has 5 heteroatoms. The molecule has 0 aliphatic rings. The number of hydrogen-bond donors (Lipinski definition) is 2. The molecule has 4 nitrogen and oxygen atoms in total. The number of aryl methyl sites for hydroxylation is 1. The van der Waals surface area contributed by atoms with Gasteiger partial charge in [-0.2, -0.15) is 0 Å². The second-order valence-electron chi connectivity index (χ2n) is 5.83. The first kappa shape index (κ1) is 16.6. The van der Waals surface area contributed by atoms with Crippen LogP contribution in [-0.4, -0.2) is 5.11 Å². The van der Waals surface area contributed by atoms with Crippen molar-refractivity contribution in [3.63, 3.8) is 0 Å². The first-order valence-corrected chi connectivity index (χ1v) is 8.07. The van der Waals surface area contributed by atoms with Crippen LogP contribution in [0.2, 0.25) is 5.02 Å². The summed E-state index contributed by atoms with van der Waals surface area (Å²) in [6.07, 6.45) is 0. The number of halogens is 1. The molecular weight excluding hydrogens is 326 g/mol. The molecule has 0 aliphatic heterocycles. The monoisotopic (exact) mass is 343 g/mol. The zero-order valence-electron chi connectivity index (χ0n) is 13.5. The Morgan fingerprint density at radius 2 is 2.04 bits per heavy atom. The van der Waals surface area contributed by atoms with Crippen LogP contribution >= 0.6 is 11.6 Å². The van der Waals surface area contributed by atoms with Gasteiger partial charge in [0.25, 0.3) is 0 Å². The van der Waals surface area contributed by atoms with Crippen molar-refractivity contribution in [1.29, 1.82) is 0 Å². The number of nitrogens with one attached hydrogen (secondary N) is 1. The summed E-state index contributed by atoms with van der Waals surface area (Å²) in [5.41, 5.74) is 2.47. The highest BCUT2D eigenvalue weighted by atomic mass is 35.5. The van der Waals surface area contributed by atoms with Gasteiger partial charge in [0.05, 0.1) is 0 Å². The third-order valence-corrected chi connectivity index (χ3v) is 4.40. The van der Waals surface area contributed by atoms with Gasteiger partial charge in [0.15, 0.2) is 0 Å². The Morgan fingerprint density at radius 1 is 1.25 bits per heavy atom. The Bertz CT molecular complexity index is 949. The Kier molecular flexibility index (Phi) is 4.60. The van der Waals surface area contributed by atoms with Crippen LogP contribution in [0.4, 0.5) is 0 Å². The maximum atomic E-state index is 11.8. The van der Waals surface area contributed by atoms with Crippen molar-refractivity contribution in [2.24, 2.45) is 0 Å². The minimum atomic E-state index is -0.427. The van der Waals surface area contributed by atoms with Gasteiger partial charge in [-0.3, -0.25) is 0 Å². The van der Waals surface area contributed by atoms with Gasteiger partial charge in [0.1, 0.15) is 11.3 Å². The third kappa shape index (κ3) is 3.30. The summed E-state index contributed by atoms with van der Waals surface area (Å²) in [4.78, 5) is 11.8. The molecule has 124 valence electrons. The van der Waals surface area contributed by atoms with E-state index in [0.29, 0.717) is 22.7 Å². The van der Waals surface area contributed by atoms with E-state index < -0.39 is 5.63 Å². The summed E-state index contributed by atoms with van der Waals surface area (Å²) < 4.78 is 5.26. The van der Waals surface area contributed by atoms with Gasteiger partial charge >= 0.3 is 5.63 Å². The first-order chi connectivity index (χ1) is 11.5. The van der Waals surface area contributed by atoms with Gasteiger partial charge in [0.2, 0.25) is 0 Å². The zero-order chi connectivity index (χ0) is 17.3. The standard InChI is InChI=1S/C19H18ClNO3/c1-11-17(22)7-6-16-14(9-18(23)24-19(11)16)10-21-12(2)13-4-3-5-15(20)8-13/h3-9,12,21-22H,10H2,1-2H3/t12-/m0/s1. The minimum Gasteiger partial charge on any atom is -0.508 e. The van der Waals surface area contributed by atoms with E-state index in [1.54, 1.807) is 19.1 Å². The number of benzene rings is 2. The number of aromatic hydroxyl groups is 1. The van der Waals surface area contributed by atoms with Gasteiger partial charge in [-0.05, 0) is 49.2 Å². The Morgan fingerprint density at radius 3 is 2.79 bits per heavy atom. The molecule has 0 bridgehead atoms. The Balaban J connectivity index is 1.90. The van der Waals surface area contributed by atoms with Crippen LogP contribution in [0, 0.1) is 6.92 Å². The summed E-state index contributed by atoms with van der Waals surface area (Å²) in [6.45, 7) is 4.27. The van der Waals surface area contributed by atoms with Crippen LogP contribution in [0.25, 0.3) is 11.0 Å². The summed E-state index contributed by atoms with van der Waals surface area (Å²) in [6, 6.07) is 12.6. The number of fused-ring (bicyclic) bond motifs is 1. The van der Waals surface area contributed by atoms with Gasteiger partial charge in [-0.15, -0.1) is 0 Å². The van der Waals surface area contributed by atoms with Crippen molar-refractivity contribution in [2.75, 3.05) is 0 Å². The highest BCUT2D eigenvalue weighted by Gasteiger charge is 2.12. The molecular formula is C19H18ClNO3. The minimum absolute atomic E-state index is 0.0733. The van der Waals surface area contributed by atoms with Crippen molar-refractivity contribution in [2.45, 2.75) is 26.4 Å². The first-order valence-electron chi connectivity index (χ1n) is 7.70. The lowest BCUT2D eigenvalue weighted by Crippen LogP contribution is -2.19. The number of rotatable bonds is 4. The second-order valence-corrected chi connectivity index (χ2v) is 6.27. The van der Waals surface area contributed by atoms with Crippen LogP contribution in [0.3, 0.4) is 0 Å². The molecule has 0 spiro atoms. The molecule has 0 amide bonds. The van der Waals surface area contributed by atoms with Crippen LogP contribution in [0.1, 0.15) is 29.7 Å². The molecule has 0 unspecified atom stereocenters. The lowest BCUT2D eigenvalue weighted by atomic mass is 10.0. The molecule has 0 aliphatic carbocycles. The van der Waals surface area contributed by atoms with E-state index in [4.69, 9.17) is 16.0 Å². The fourth-order valence-electron chi connectivity index (χ4n) is 2.72. The predicted molar refractivity (Wildman–Crippen MR) is 95.6 cm³/mol. The van der Waals surface area contributed by atoms with Crippen molar-refractivity contribution >= 4 is 22.6 Å². The van der Waals surface area contributed by atoms with E-state index in [9.17, 15) is 9.90 Å². The molecule has 2 N–H and O–H groups in total. The smallest absolute Gasteiger partial charge is 0.336 e. The van der Waals surface area contributed by atoms with E-state index in [1.165, 1.54) is 6.07 Å². The van der Waals surface area contributed by atoms with Crippen LogP contribution < -0.4 is 10.9 Å². The maximum absolute atomic E-state index is 11.8. The lowest BCUT2D eigenvalue weighted by Gasteiger charge is -2.15. The van der Waals surface area contributed by atoms with Crippen molar-refractivity contribution in [3.8, 4) is 5.75 Å². The fraction of sp³-hybridized carbons (Fsp3) is 0.211. The van der Waals surface area contributed by atoms with Crippen LogP contribution in [0.15, 0.2) is 51.7 Å². The van der Waals surface area contributed by atoms with Gasteiger partial charge in [-0.1, -0.05) is 23.7 Å². The molecule has 1 heterocycles. The van der Waals surface area contributed by atoms with Crippen molar-refractivity contribution in [3.05, 3.63) is 74.6 Å². The molecule has 3 aromatic rings. The fourth-order valence-corrected chi connectivity index (χ4v) is 2.92. The van der Waals surface area contributed by atoms with Crippen molar-refractivity contribution < 1.29 is 9.52 Å².